The molecular formula is C20H29FO. The quantitative estimate of drug-likeness (QED) is 0.279. The van der Waals surface area contributed by atoms with E-state index in [9.17, 15) is 9.18 Å². The number of carbonyl (C=O) groups excluding carboxylic acids is 1. The highest BCUT2D eigenvalue weighted by atomic mass is 19.1. The van der Waals surface area contributed by atoms with Gasteiger partial charge in [0.1, 0.15) is 6.17 Å². The lowest BCUT2D eigenvalue weighted by molar-refractivity contribution is -0.111. The molecule has 1 nitrogen and oxygen atoms in total. The Labute approximate surface area is 134 Å². The van der Waals surface area contributed by atoms with Crippen LogP contribution in [0.25, 0.3) is 0 Å². The average Bonchev–Trinajstić information content (AvgIpc) is 2.85. The van der Waals surface area contributed by atoms with Crippen molar-refractivity contribution in [3.8, 4) is 0 Å². The van der Waals surface area contributed by atoms with Crippen LogP contribution in [0.2, 0.25) is 0 Å². The summed E-state index contributed by atoms with van der Waals surface area (Å²) in [4.78, 5) is 11.9. The molecule has 0 aliphatic heterocycles. The number of ketones is 1. The maximum absolute atomic E-state index is 13.8. The van der Waals surface area contributed by atoms with Gasteiger partial charge in [-0.25, -0.2) is 4.39 Å². The van der Waals surface area contributed by atoms with Crippen molar-refractivity contribution in [1.82, 2.24) is 0 Å². The van der Waals surface area contributed by atoms with E-state index in [4.69, 9.17) is 0 Å². The topological polar surface area (TPSA) is 17.1 Å². The Balaban J connectivity index is 2.47. The van der Waals surface area contributed by atoms with Gasteiger partial charge in [-0.1, -0.05) is 63.1 Å². The van der Waals surface area contributed by atoms with Crippen LogP contribution in [0.3, 0.4) is 0 Å². The summed E-state index contributed by atoms with van der Waals surface area (Å²) in [5.74, 6) is 0.173. The summed E-state index contributed by atoms with van der Waals surface area (Å²) in [6.07, 6.45) is 18.7. The minimum atomic E-state index is -0.899. The highest BCUT2D eigenvalue weighted by Gasteiger charge is 2.21. The number of rotatable bonds is 10. The second-order valence-electron chi connectivity index (χ2n) is 5.79. The lowest BCUT2D eigenvalue weighted by atomic mass is 9.96. The van der Waals surface area contributed by atoms with Crippen LogP contribution in [-0.4, -0.2) is 12.0 Å². The van der Waals surface area contributed by atoms with E-state index in [2.05, 4.69) is 19.1 Å². The lowest BCUT2D eigenvalue weighted by Gasteiger charge is -2.09. The Morgan fingerprint density at radius 2 is 2.00 bits per heavy atom. The smallest absolute Gasteiger partial charge is 0.181 e. The van der Waals surface area contributed by atoms with Gasteiger partial charge in [0, 0.05) is 11.5 Å². The summed E-state index contributed by atoms with van der Waals surface area (Å²) >= 11 is 0. The van der Waals surface area contributed by atoms with Crippen molar-refractivity contribution in [2.75, 3.05) is 0 Å². The van der Waals surface area contributed by atoms with Crippen LogP contribution in [0.4, 0.5) is 4.39 Å². The van der Waals surface area contributed by atoms with Gasteiger partial charge >= 0.3 is 0 Å². The normalized spacial score (nSPS) is 21.7. The molecule has 2 atom stereocenters. The molecule has 1 aliphatic rings. The molecule has 0 fully saturated rings. The fourth-order valence-corrected chi connectivity index (χ4v) is 2.49. The molecule has 0 bridgehead atoms. The van der Waals surface area contributed by atoms with Gasteiger partial charge in [-0.15, -0.1) is 0 Å². The van der Waals surface area contributed by atoms with E-state index < -0.39 is 6.17 Å². The van der Waals surface area contributed by atoms with Gasteiger partial charge in [0.25, 0.3) is 0 Å². The molecule has 0 amide bonds. The van der Waals surface area contributed by atoms with Crippen LogP contribution in [0, 0.1) is 5.92 Å². The Hall–Kier alpha value is -1.44. The van der Waals surface area contributed by atoms with E-state index in [0.717, 1.165) is 24.8 Å². The number of carbonyl (C=O) groups is 1. The van der Waals surface area contributed by atoms with E-state index in [-0.39, 0.29) is 11.7 Å². The molecule has 0 aromatic carbocycles. The molecule has 2 heteroatoms. The predicted molar refractivity (Wildman–Crippen MR) is 92.6 cm³/mol. The molecule has 22 heavy (non-hydrogen) atoms. The minimum absolute atomic E-state index is 0.0447. The summed E-state index contributed by atoms with van der Waals surface area (Å²) in [7, 11) is 0. The zero-order valence-corrected chi connectivity index (χ0v) is 13.9. The second kappa shape index (κ2) is 11.2. The molecule has 122 valence electrons. The van der Waals surface area contributed by atoms with Gasteiger partial charge < -0.3 is 0 Å². The first-order chi connectivity index (χ1) is 10.7. The van der Waals surface area contributed by atoms with Crippen LogP contribution in [0.15, 0.2) is 48.1 Å². The van der Waals surface area contributed by atoms with Gasteiger partial charge in [-0.2, -0.15) is 0 Å². The van der Waals surface area contributed by atoms with E-state index in [0.29, 0.717) is 12.8 Å². The van der Waals surface area contributed by atoms with Gasteiger partial charge in [0.15, 0.2) is 5.78 Å². The van der Waals surface area contributed by atoms with Crippen molar-refractivity contribution >= 4 is 5.78 Å². The van der Waals surface area contributed by atoms with E-state index >= 15 is 0 Å². The number of hydrogen-bond donors (Lipinski definition) is 0. The number of allylic oxidation sites excluding steroid dienone is 8. The maximum Gasteiger partial charge on any atom is 0.181 e. The molecule has 1 rings (SSSR count). The van der Waals surface area contributed by atoms with Gasteiger partial charge in [-0.05, 0) is 38.2 Å². The Kier molecular flexibility index (Phi) is 9.45. The molecule has 0 saturated carbocycles. The zero-order valence-electron chi connectivity index (χ0n) is 13.9. The monoisotopic (exact) mass is 304 g/mol. The third kappa shape index (κ3) is 7.02. The maximum atomic E-state index is 13.8. The van der Waals surface area contributed by atoms with E-state index in [1.807, 2.05) is 25.2 Å². The summed E-state index contributed by atoms with van der Waals surface area (Å²) in [6.45, 7) is 4.21. The van der Waals surface area contributed by atoms with Crippen molar-refractivity contribution in [2.24, 2.45) is 5.92 Å². The lowest BCUT2D eigenvalue weighted by Crippen LogP contribution is -2.04. The fourth-order valence-electron chi connectivity index (χ4n) is 2.49. The third-order valence-corrected chi connectivity index (χ3v) is 3.83. The Morgan fingerprint density at radius 1 is 1.18 bits per heavy atom. The molecule has 1 aliphatic carbocycles. The second-order valence-corrected chi connectivity index (χ2v) is 5.79. The number of unbranched alkanes of at least 4 members (excludes halogenated alkanes) is 2. The number of hydrogen-bond acceptors (Lipinski definition) is 1. The molecule has 2 unspecified atom stereocenters. The van der Waals surface area contributed by atoms with Crippen molar-refractivity contribution < 1.29 is 9.18 Å². The molecule has 0 saturated heterocycles. The van der Waals surface area contributed by atoms with Crippen LogP contribution in [0.5, 0.6) is 0 Å². The first-order valence-electron chi connectivity index (χ1n) is 8.55. The van der Waals surface area contributed by atoms with E-state index in [1.54, 1.807) is 12.2 Å². The Morgan fingerprint density at radius 3 is 2.73 bits per heavy atom. The van der Waals surface area contributed by atoms with Crippen LogP contribution < -0.4 is 0 Å². The zero-order chi connectivity index (χ0) is 16.2. The summed E-state index contributed by atoms with van der Waals surface area (Å²) < 4.78 is 13.8. The standard InChI is InChI=1S/C20H29FO/c1-3-5-7-8-10-11-17-13-16-20(22)19(17)15-14-18(21)12-9-6-4-2/h6,8-10,13,15-18H,3-5,7,11-12,14H2,1-2H3/b9-6-,10-8-,19-15+. The molecule has 0 N–H and O–H groups in total. The minimum Gasteiger partial charge on any atom is -0.290 e. The van der Waals surface area contributed by atoms with Gasteiger partial charge in [0.05, 0.1) is 0 Å². The summed E-state index contributed by atoms with van der Waals surface area (Å²) in [5.41, 5.74) is 0.766. The number of alkyl halides is 1. The third-order valence-electron chi connectivity index (χ3n) is 3.83. The molecule has 0 aromatic rings. The predicted octanol–water partition coefficient (Wildman–Crippen LogP) is 5.89. The van der Waals surface area contributed by atoms with Crippen molar-refractivity contribution in [1.29, 1.82) is 0 Å². The molecule has 0 aromatic heterocycles. The van der Waals surface area contributed by atoms with E-state index in [1.165, 1.54) is 12.8 Å². The largest absolute Gasteiger partial charge is 0.290 e. The van der Waals surface area contributed by atoms with Gasteiger partial charge in [-0.3, -0.25) is 4.79 Å². The number of halogens is 1. The van der Waals surface area contributed by atoms with Crippen molar-refractivity contribution in [3.63, 3.8) is 0 Å². The first-order valence-corrected chi connectivity index (χ1v) is 8.55. The average molecular weight is 304 g/mol. The van der Waals surface area contributed by atoms with Crippen LogP contribution in [0.1, 0.15) is 58.8 Å². The van der Waals surface area contributed by atoms with Crippen molar-refractivity contribution in [3.05, 3.63) is 48.1 Å². The molecule has 0 spiro atoms. The first kappa shape index (κ1) is 18.6. The molecular weight excluding hydrogens is 275 g/mol. The van der Waals surface area contributed by atoms with Crippen LogP contribution in [-0.2, 0) is 4.79 Å². The summed E-state index contributed by atoms with van der Waals surface area (Å²) in [6, 6.07) is 0. The highest BCUT2D eigenvalue weighted by molar-refractivity contribution is 6.07. The molecule has 0 heterocycles. The SMILES string of the molecule is CC/C=C\CC(F)C/C=C1/C(=O)C=CC1C/C=C\CCCC. The van der Waals surface area contributed by atoms with Crippen LogP contribution >= 0.6 is 0 Å². The van der Waals surface area contributed by atoms with Gasteiger partial charge in [0.2, 0.25) is 0 Å². The molecule has 0 radical (unpaired) electrons. The highest BCUT2D eigenvalue weighted by Crippen LogP contribution is 2.26. The summed E-state index contributed by atoms with van der Waals surface area (Å²) in [5, 5.41) is 0. The fraction of sp³-hybridized carbons (Fsp3) is 0.550. The Bertz CT molecular complexity index is 443. The van der Waals surface area contributed by atoms with Crippen molar-refractivity contribution in [2.45, 2.75) is 65.0 Å².